The molecule has 0 spiro atoms. The summed E-state index contributed by atoms with van der Waals surface area (Å²) in [4.78, 5) is 21.9. The van der Waals surface area contributed by atoms with Gasteiger partial charge >= 0.3 is 11.9 Å². The summed E-state index contributed by atoms with van der Waals surface area (Å²) in [6.07, 6.45) is -0.793. The van der Waals surface area contributed by atoms with Gasteiger partial charge in [-0.15, -0.1) is 0 Å². The second-order valence-corrected chi connectivity index (χ2v) is 5.03. The van der Waals surface area contributed by atoms with E-state index in [2.05, 4.69) is 13.8 Å². The molecule has 1 aliphatic rings. The minimum atomic E-state index is -0.561. The van der Waals surface area contributed by atoms with Gasteiger partial charge in [0.15, 0.2) is 0 Å². The van der Waals surface area contributed by atoms with Crippen LogP contribution in [-0.4, -0.2) is 30.9 Å². The maximum Gasteiger partial charge on any atom is 0.304 e. The number of ether oxygens (including phenoxy) is 3. The molecule has 0 aromatic heterocycles. The van der Waals surface area contributed by atoms with E-state index in [0.717, 1.165) is 0 Å². The van der Waals surface area contributed by atoms with E-state index in [-0.39, 0.29) is 36.5 Å². The van der Waals surface area contributed by atoms with Gasteiger partial charge in [-0.1, -0.05) is 20.8 Å². The van der Waals surface area contributed by atoms with Crippen LogP contribution in [0.4, 0.5) is 0 Å². The van der Waals surface area contributed by atoms with Crippen molar-refractivity contribution in [2.75, 3.05) is 6.61 Å². The van der Waals surface area contributed by atoms with Gasteiger partial charge in [0.25, 0.3) is 0 Å². The van der Waals surface area contributed by atoms with E-state index in [1.54, 1.807) is 0 Å². The van der Waals surface area contributed by atoms with Crippen molar-refractivity contribution < 1.29 is 23.8 Å². The summed E-state index contributed by atoms with van der Waals surface area (Å²) in [7, 11) is 0. The van der Waals surface area contributed by atoms with Gasteiger partial charge in [0.1, 0.15) is 6.61 Å². The van der Waals surface area contributed by atoms with E-state index < -0.39 is 6.29 Å². The van der Waals surface area contributed by atoms with Crippen molar-refractivity contribution in [2.24, 2.45) is 17.8 Å². The van der Waals surface area contributed by atoms with Crippen molar-refractivity contribution in [3.05, 3.63) is 0 Å². The molecule has 5 atom stereocenters. The van der Waals surface area contributed by atoms with Crippen LogP contribution < -0.4 is 0 Å². The lowest BCUT2D eigenvalue weighted by Crippen LogP contribution is -2.48. The Morgan fingerprint density at radius 1 is 1.00 bits per heavy atom. The van der Waals surface area contributed by atoms with Gasteiger partial charge < -0.3 is 14.2 Å². The Morgan fingerprint density at radius 2 is 1.61 bits per heavy atom. The quantitative estimate of drug-likeness (QED) is 0.722. The zero-order valence-electron chi connectivity index (χ0n) is 11.6. The van der Waals surface area contributed by atoms with E-state index in [1.165, 1.54) is 13.8 Å². The number of hydrogen-bond acceptors (Lipinski definition) is 5. The fraction of sp³-hybridized carbons (Fsp3) is 0.846. The molecule has 1 fully saturated rings. The average molecular weight is 258 g/mol. The van der Waals surface area contributed by atoms with Crippen LogP contribution in [0.1, 0.15) is 34.6 Å². The first-order valence-corrected chi connectivity index (χ1v) is 6.29. The molecule has 104 valence electrons. The first-order valence-electron chi connectivity index (χ1n) is 6.29. The second kappa shape index (κ2) is 6.18. The maximum absolute atomic E-state index is 11.0. The van der Waals surface area contributed by atoms with Gasteiger partial charge in [0.05, 0.1) is 6.10 Å². The topological polar surface area (TPSA) is 61.8 Å². The Kier molecular flexibility index (Phi) is 5.14. The van der Waals surface area contributed by atoms with Crippen molar-refractivity contribution in [1.29, 1.82) is 0 Å². The standard InChI is InChI=1S/C13H22O5/c1-7-8(2)12(6-16-10(4)14)18-13(9(7)3)17-11(5)15/h7-9,12-13H,6H2,1-5H3/t7-,8-,9?,12?,13+/m0/s1. The minimum Gasteiger partial charge on any atom is -0.463 e. The third-order valence-corrected chi connectivity index (χ3v) is 3.72. The zero-order chi connectivity index (χ0) is 13.9. The Bertz CT molecular complexity index is 313. The van der Waals surface area contributed by atoms with Crippen LogP contribution in [0, 0.1) is 17.8 Å². The molecule has 0 amide bonds. The molecule has 1 aliphatic heterocycles. The van der Waals surface area contributed by atoms with Gasteiger partial charge in [-0.2, -0.15) is 0 Å². The van der Waals surface area contributed by atoms with E-state index in [1.807, 2.05) is 6.92 Å². The van der Waals surface area contributed by atoms with Gasteiger partial charge in [-0.3, -0.25) is 9.59 Å². The number of hydrogen-bond donors (Lipinski definition) is 0. The van der Waals surface area contributed by atoms with Gasteiger partial charge in [0, 0.05) is 19.8 Å². The van der Waals surface area contributed by atoms with Crippen molar-refractivity contribution in [3.63, 3.8) is 0 Å². The average Bonchev–Trinajstić information content (AvgIpc) is 2.27. The Morgan fingerprint density at radius 3 is 2.11 bits per heavy atom. The molecule has 2 unspecified atom stereocenters. The summed E-state index contributed by atoms with van der Waals surface area (Å²) in [5.41, 5.74) is 0. The summed E-state index contributed by atoms with van der Waals surface area (Å²) in [6, 6.07) is 0. The van der Waals surface area contributed by atoms with Gasteiger partial charge in [0.2, 0.25) is 6.29 Å². The Balaban J connectivity index is 2.67. The van der Waals surface area contributed by atoms with Gasteiger partial charge in [-0.05, 0) is 11.8 Å². The summed E-state index contributed by atoms with van der Waals surface area (Å²) >= 11 is 0. The highest BCUT2D eigenvalue weighted by Crippen LogP contribution is 2.35. The third kappa shape index (κ3) is 3.70. The molecule has 1 heterocycles. The molecule has 0 N–H and O–H groups in total. The summed E-state index contributed by atoms with van der Waals surface area (Å²) in [6.45, 7) is 9.07. The largest absolute Gasteiger partial charge is 0.463 e. The molecular weight excluding hydrogens is 236 g/mol. The van der Waals surface area contributed by atoms with Gasteiger partial charge in [-0.25, -0.2) is 0 Å². The van der Waals surface area contributed by atoms with Crippen LogP contribution in [0.2, 0.25) is 0 Å². The van der Waals surface area contributed by atoms with Crippen LogP contribution in [-0.2, 0) is 23.8 Å². The molecule has 0 bridgehead atoms. The van der Waals surface area contributed by atoms with Crippen LogP contribution in [0.25, 0.3) is 0 Å². The highest BCUT2D eigenvalue weighted by Gasteiger charge is 2.41. The minimum absolute atomic E-state index is 0.123. The summed E-state index contributed by atoms with van der Waals surface area (Å²) in [5, 5.41) is 0. The number of esters is 2. The smallest absolute Gasteiger partial charge is 0.304 e. The van der Waals surface area contributed by atoms with Crippen LogP contribution >= 0.6 is 0 Å². The third-order valence-electron chi connectivity index (χ3n) is 3.72. The maximum atomic E-state index is 11.0. The fourth-order valence-corrected chi connectivity index (χ4v) is 2.17. The molecular formula is C13H22O5. The second-order valence-electron chi connectivity index (χ2n) is 5.03. The monoisotopic (exact) mass is 258 g/mol. The zero-order valence-corrected chi connectivity index (χ0v) is 11.6. The molecule has 0 aliphatic carbocycles. The number of carbonyl (C=O) groups excluding carboxylic acids is 2. The van der Waals surface area contributed by atoms with Crippen molar-refractivity contribution in [1.82, 2.24) is 0 Å². The summed E-state index contributed by atoms with van der Waals surface area (Å²) in [5.74, 6) is -0.00625. The van der Waals surface area contributed by atoms with E-state index >= 15 is 0 Å². The Hall–Kier alpha value is -1.10. The molecule has 0 aromatic rings. The van der Waals surface area contributed by atoms with Crippen LogP contribution in [0.15, 0.2) is 0 Å². The normalized spacial score (nSPS) is 35.9. The number of carbonyl (C=O) groups is 2. The molecule has 0 radical (unpaired) electrons. The lowest BCUT2D eigenvalue weighted by molar-refractivity contribution is -0.248. The molecule has 5 nitrogen and oxygen atoms in total. The SMILES string of the molecule is CC(=O)OCC1O[C@@H](OC(C)=O)C(C)[C@@H](C)[C@@H]1C. The van der Waals surface area contributed by atoms with Crippen LogP contribution in [0.5, 0.6) is 0 Å². The van der Waals surface area contributed by atoms with E-state index in [0.29, 0.717) is 5.92 Å². The van der Waals surface area contributed by atoms with E-state index in [4.69, 9.17) is 14.2 Å². The molecule has 18 heavy (non-hydrogen) atoms. The van der Waals surface area contributed by atoms with Crippen LogP contribution in [0.3, 0.4) is 0 Å². The Labute approximate surface area is 108 Å². The van der Waals surface area contributed by atoms with Crippen molar-refractivity contribution in [3.8, 4) is 0 Å². The highest BCUT2D eigenvalue weighted by atomic mass is 16.7. The van der Waals surface area contributed by atoms with E-state index in [9.17, 15) is 9.59 Å². The number of rotatable bonds is 3. The molecule has 0 saturated carbocycles. The fourth-order valence-electron chi connectivity index (χ4n) is 2.17. The highest BCUT2D eigenvalue weighted by molar-refractivity contribution is 5.66. The first-order chi connectivity index (χ1) is 8.32. The lowest BCUT2D eigenvalue weighted by atomic mass is 9.79. The van der Waals surface area contributed by atoms with Crippen molar-refractivity contribution in [2.45, 2.75) is 47.0 Å². The molecule has 1 rings (SSSR count). The van der Waals surface area contributed by atoms with Crippen molar-refractivity contribution >= 4 is 11.9 Å². The molecule has 1 saturated heterocycles. The lowest BCUT2D eigenvalue weighted by Gasteiger charge is -2.42. The predicted octanol–water partition coefficient (Wildman–Crippen LogP) is 1.75. The first kappa shape index (κ1) is 15.0. The molecule has 0 aromatic carbocycles. The summed E-state index contributed by atoms with van der Waals surface area (Å²) < 4.78 is 15.9. The predicted molar refractivity (Wildman–Crippen MR) is 64.6 cm³/mol. The molecule has 5 heteroatoms.